The normalized spacial score (nSPS) is 11.3. The van der Waals surface area contributed by atoms with Gasteiger partial charge in [-0.05, 0) is 37.5 Å². The Bertz CT molecular complexity index is 612. The van der Waals surface area contributed by atoms with Gasteiger partial charge in [0.1, 0.15) is 5.75 Å². The molecule has 4 nitrogen and oxygen atoms in total. The minimum absolute atomic E-state index is 0.182. The van der Waals surface area contributed by atoms with Crippen molar-refractivity contribution < 1.29 is 19.1 Å². The monoisotopic (exact) mass is 416 g/mol. The van der Waals surface area contributed by atoms with Crippen LogP contribution in [0.1, 0.15) is 72.1 Å². The van der Waals surface area contributed by atoms with Crippen molar-refractivity contribution >= 4 is 35.1 Å². The first kappa shape index (κ1) is 23.8. The van der Waals surface area contributed by atoms with Gasteiger partial charge in [0.25, 0.3) is 0 Å². The van der Waals surface area contributed by atoms with E-state index in [1.165, 1.54) is 31.4 Å². The second-order valence-corrected chi connectivity index (χ2v) is 7.50. The van der Waals surface area contributed by atoms with Crippen LogP contribution in [0.3, 0.4) is 0 Å². The Morgan fingerprint density at radius 3 is 2.15 bits per heavy atom. The number of carbonyl (C=O) groups excluding carboxylic acids is 2. The van der Waals surface area contributed by atoms with Crippen molar-refractivity contribution in [2.75, 3.05) is 6.61 Å². The van der Waals surface area contributed by atoms with Gasteiger partial charge in [0.15, 0.2) is 5.41 Å². The van der Waals surface area contributed by atoms with Gasteiger partial charge in [-0.1, -0.05) is 76.1 Å². The first-order valence-corrected chi connectivity index (χ1v) is 10.5. The third-order valence-electron chi connectivity index (χ3n) is 4.82. The molecule has 0 aliphatic rings. The lowest BCUT2D eigenvalue weighted by Crippen LogP contribution is -2.42. The van der Waals surface area contributed by atoms with Crippen LogP contribution in [-0.4, -0.2) is 18.5 Å². The number of hydrogen-bond acceptors (Lipinski definition) is 4. The summed E-state index contributed by atoms with van der Waals surface area (Å²) in [4.78, 5) is 25.4. The van der Waals surface area contributed by atoms with E-state index in [4.69, 9.17) is 32.7 Å². The Morgan fingerprint density at radius 2 is 1.56 bits per heavy atom. The summed E-state index contributed by atoms with van der Waals surface area (Å²) in [5, 5.41) is 0.660. The number of unbranched alkanes of at least 4 members (excludes halogenated alkanes) is 5. The maximum Gasteiger partial charge on any atom is 0.328 e. The molecule has 1 aromatic carbocycles. The van der Waals surface area contributed by atoms with E-state index in [-0.39, 0.29) is 10.8 Å². The lowest BCUT2D eigenvalue weighted by Gasteiger charge is -2.27. The van der Waals surface area contributed by atoms with Gasteiger partial charge < -0.3 is 9.47 Å². The van der Waals surface area contributed by atoms with Crippen molar-refractivity contribution in [1.82, 2.24) is 0 Å². The summed E-state index contributed by atoms with van der Waals surface area (Å²) in [7, 11) is 0. The predicted molar refractivity (Wildman–Crippen MR) is 109 cm³/mol. The summed E-state index contributed by atoms with van der Waals surface area (Å²) in [5.41, 5.74) is -1.33. The van der Waals surface area contributed by atoms with Crippen molar-refractivity contribution in [2.24, 2.45) is 5.41 Å². The van der Waals surface area contributed by atoms with E-state index in [0.717, 1.165) is 19.3 Å². The molecule has 0 aliphatic carbocycles. The third kappa shape index (κ3) is 7.00. The lowest BCUT2D eigenvalue weighted by molar-refractivity contribution is -0.168. The third-order valence-corrected chi connectivity index (χ3v) is 5.35. The van der Waals surface area contributed by atoms with Gasteiger partial charge in [0.2, 0.25) is 0 Å². The highest BCUT2D eigenvalue weighted by Crippen LogP contribution is 2.34. The molecule has 0 radical (unpaired) electrons. The molecule has 0 fully saturated rings. The number of halogens is 2. The van der Waals surface area contributed by atoms with Crippen LogP contribution in [0.25, 0.3) is 0 Å². The number of carbonyl (C=O) groups is 2. The molecule has 0 saturated carbocycles. The van der Waals surface area contributed by atoms with Gasteiger partial charge >= 0.3 is 11.9 Å². The van der Waals surface area contributed by atoms with Crippen LogP contribution in [-0.2, 0) is 14.3 Å². The fourth-order valence-electron chi connectivity index (χ4n) is 2.85. The highest BCUT2D eigenvalue weighted by Gasteiger charge is 2.46. The van der Waals surface area contributed by atoms with Gasteiger partial charge in [0.05, 0.1) is 11.6 Å². The van der Waals surface area contributed by atoms with Crippen LogP contribution < -0.4 is 4.74 Å². The Morgan fingerprint density at radius 1 is 0.926 bits per heavy atom. The molecule has 0 bridgehead atoms. The summed E-state index contributed by atoms with van der Waals surface area (Å²) >= 11 is 11.9. The fourth-order valence-corrected chi connectivity index (χ4v) is 3.30. The predicted octanol–water partition coefficient (Wildman–Crippen LogP) is 6.61. The van der Waals surface area contributed by atoms with Gasteiger partial charge in [-0.2, -0.15) is 0 Å². The molecule has 0 N–H and O–H groups in total. The van der Waals surface area contributed by atoms with Gasteiger partial charge in [-0.3, -0.25) is 9.59 Å². The van der Waals surface area contributed by atoms with Crippen molar-refractivity contribution in [3.63, 3.8) is 0 Å². The lowest BCUT2D eigenvalue weighted by atomic mass is 9.82. The molecule has 0 spiro atoms. The summed E-state index contributed by atoms with van der Waals surface area (Å²) in [6.45, 7) is 6.05. The first-order valence-electron chi connectivity index (χ1n) is 9.75. The standard InChI is InChI=1S/C21H30Cl2O4/c1-4-7-8-9-10-11-14-26-19(24)21(5-2,6-3)20(25)27-18-13-12-16(22)15-17(18)23/h12-13,15H,4-11,14H2,1-3H3. The van der Waals surface area contributed by atoms with Gasteiger partial charge in [-0.15, -0.1) is 0 Å². The Labute approximate surface area is 172 Å². The Hall–Kier alpha value is -1.26. The van der Waals surface area contributed by atoms with E-state index < -0.39 is 17.4 Å². The summed E-state index contributed by atoms with van der Waals surface area (Å²) in [6, 6.07) is 4.58. The topological polar surface area (TPSA) is 52.6 Å². The molecule has 1 aromatic rings. The van der Waals surface area contributed by atoms with Crippen LogP contribution in [0.15, 0.2) is 18.2 Å². The van der Waals surface area contributed by atoms with Crippen molar-refractivity contribution in [2.45, 2.75) is 72.1 Å². The average Bonchev–Trinajstić information content (AvgIpc) is 2.64. The zero-order valence-electron chi connectivity index (χ0n) is 16.5. The second kappa shape index (κ2) is 12.2. The molecular formula is C21H30Cl2O4. The minimum atomic E-state index is -1.33. The van der Waals surface area contributed by atoms with E-state index in [1.54, 1.807) is 19.9 Å². The Kier molecular flexibility index (Phi) is 10.8. The maximum atomic E-state index is 12.8. The molecular weight excluding hydrogens is 387 g/mol. The van der Waals surface area contributed by atoms with E-state index in [2.05, 4.69) is 6.92 Å². The average molecular weight is 417 g/mol. The van der Waals surface area contributed by atoms with Crippen molar-refractivity contribution in [1.29, 1.82) is 0 Å². The quantitative estimate of drug-likeness (QED) is 0.166. The van der Waals surface area contributed by atoms with Gasteiger partial charge in [-0.25, -0.2) is 0 Å². The van der Waals surface area contributed by atoms with Crippen LogP contribution in [0.4, 0.5) is 0 Å². The summed E-state index contributed by atoms with van der Waals surface area (Å²) < 4.78 is 10.8. The highest BCUT2D eigenvalue weighted by molar-refractivity contribution is 6.35. The second-order valence-electron chi connectivity index (χ2n) is 6.66. The van der Waals surface area contributed by atoms with E-state index in [1.807, 2.05) is 0 Å². The summed E-state index contributed by atoms with van der Waals surface area (Å²) in [5.74, 6) is -0.998. The van der Waals surface area contributed by atoms with E-state index in [9.17, 15) is 9.59 Å². The fraction of sp³-hybridized carbons (Fsp3) is 0.619. The summed E-state index contributed by atoms with van der Waals surface area (Å²) in [6.07, 6.45) is 7.17. The molecule has 0 unspecified atom stereocenters. The molecule has 0 amide bonds. The maximum absolute atomic E-state index is 12.8. The largest absolute Gasteiger partial charge is 0.465 e. The van der Waals surface area contributed by atoms with Crippen LogP contribution in [0.5, 0.6) is 5.75 Å². The molecule has 0 aromatic heterocycles. The van der Waals surface area contributed by atoms with Gasteiger partial charge in [0, 0.05) is 5.02 Å². The van der Waals surface area contributed by atoms with Crippen molar-refractivity contribution in [3.8, 4) is 5.75 Å². The van der Waals surface area contributed by atoms with Crippen LogP contribution in [0, 0.1) is 5.41 Å². The number of benzene rings is 1. The number of rotatable bonds is 12. The molecule has 0 atom stereocenters. The number of ether oxygens (including phenoxy) is 2. The zero-order chi connectivity index (χ0) is 20.3. The Balaban J connectivity index is 2.66. The molecule has 0 heterocycles. The minimum Gasteiger partial charge on any atom is -0.465 e. The molecule has 1 rings (SSSR count). The van der Waals surface area contributed by atoms with Crippen molar-refractivity contribution in [3.05, 3.63) is 28.2 Å². The molecule has 6 heteroatoms. The first-order chi connectivity index (χ1) is 12.9. The SMILES string of the molecule is CCCCCCCCOC(=O)C(CC)(CC)C(=O)Oc1ccc(Cl)cc1Cl. The highest BCUT2D eigenvalue weighted by atomic mass is 35.5. The van der Waals surface area contributed by atoms with E-state index in [0.29, 0.717) is 24.5 Å². The molecule has 0 aliphatic heterocycles. The molecule has 27 heavy (non-hydrogen) atoms. The molecule has 0 saturated heterocycles. The number of esters is 2. The van der Waals surface area contributed by atoms with Crippen LogP contribution >= 0.6 is 23.2 Å². The van der Waals surface area contributed by atoms with E-state index >= 15 is 0 Å². The molecule has 152 valence electrons. The number of hydrogen-bond donors (Lipinski definition) is 0. The zero-order valence-corrected chi connectivity index (χ0v) is 18.0. The smallest absolute Gasteiger partial charge is 0.328 e. The van der Waals surface area contributed by atoms with Crippen LogP contribution in [0.2, 0.25) is 10.0 Å².